The Morgan fingerprint density at radius 2 is 2.17 bits per heavy atom. The summed E-state index contributed by atoms with van der Waals surface area (Å²) < 4.78 is 0. The highest BCUT2D eigenvalue weighted by Crippen LogP contribution is 2.23. The number of rotatable bonds is 3. The number of carboxylic acids is 1. The highest BCUT2D eigenvalue weighted by atomic mass is 16.4. The Balaban J connectivity index is 2.12. The zero-order chi connectivity index (χ0) is 13.1. The summed E-state index contributed by atoms with van der Waals surface area (Å²) in [5, 5.41) is 12.5. The number of aromatic carboxylic acids is 1. The van der Waals surface area contributed by atoms with Crippen LogP contribution in [0.5, 0.6) is 0 Å². The van der Waals surface area contributed by atoms with Crippen LogP contribution in [-0.2, 0) is 0 Å². The van der Waals surface area contributed by atoms with Crippen molar-refractivity contribution in [2.75, 3.05) is 25.5 Å². The minimum Gasteiger partial charge on any atom is -0.478 e. The van der Waals surface area contributed by atoms with E-state index in [9.17, 15) is 4.79 Å². The quantitative estimate of drug-likeness (QED) is 0.860. The topological polar surface area (TPSA) is 52.6 Å². The molecule has 0 bridgehead atoms. The molecule has 2 N–H and O–H groups in total. The Bertz CT molecular complexity index is 434. The third-order valence-electron chi connectivity index (χ3n) is 3.61. The number of hydrogen-bond acceptors (Lipinski definition) is 3. The van der Waals surface area contributed by atoms with Gasteiger partial charge in [-0.05, 0) is 38.1 Å². The molecule has 4 heteroatoms. The summed E-state index contributed by atoms with van der Waals surface area (Å²) in [4.78, 5) is 13.5. The fraction of sp³-hybridized carbons (Fsp3) is 0.500. The molecule has 1 aromatic carbocycles. The Hall–Kier alpha value is -1.55. The molecule has 1 heterocycles. The van der Waals surface area contributed by atoms with E-state index in [4.69, 9.17) is 5.11 Å². The van der Waals surface area contributed by atoms with Crippen LogP contribution in [-0.4, -0.2) is 42.2 Å². The van der Waals surface area contributed by atoms with Gasteiger partial charge in [-0.2, -0.15) is 0 Å². The molecular weight excluding hydrogens is 228 g/mol. The second-order valence-electron chi connectivity index (χ2n) is 5.13. The molecule has 1 saturated heterocycles. The lowest BCUT2D eigenvalue weighted by Gasteiger charge is -2.36. The van der Waals surface area contributed by atoms with Gasteiger partial charge in [0.25, 0.3) is 0 Å². The summed E-state index contributed by atoms with van der Waals surface area (Å²) in [7, 11) is 2.12. The van der Waals surface area contributed by atoms with Crippen molar-refractivity contribution < 1.29 is 9.90 Å². The van der Waals surface area contributed by atoms with Gasteiger partial charge in [0.1, 0.15) is 0 Å². The predicted molar refractivity (Wildman–Crippen MR) is 72.1 cm³/mol. The van der Waals surface area contributed by atoms with E-state index < -0.39 is 5.97 Å². The van der Waals surface area contributed by atoms with Crippen LogP contribution in [0.25, 0.3) is 0 Å². The van der Waals surface area contributed by atoms with Gasteiger partial charge in [0.15, 0.2) is 0 Å². The molecule has 0 aromatic heterocycles. The minimum absolute atomic E-state index is 0.349. The largest absolute Gasteiger partial charge is 0.478 e. The second-order valence-corrected chi connectivity index (χ2v) is 5.13. The normalized spacial score (nSPS) is 24.8. The molecule has 0 spiro atoms. The lowest BCUT2D eigenvalue weighted by atomic mass is 9.93. The number of nitrogens with zero attached hydrogens (tertiary/aromatic N) is 1. The van der Waals surface area contributed by atoms with Crippen molar-refractivity contribution in [3.05, 3.63) is 29.8 Å². The number of para-hydroxylation sites is 1. The van der Waals surface area contributed by atoms with E-state index in [1.54, 1.807) is 12.1 Å². The third-order valence-corrected chi connectivity index (χ3v) is 3.61. The second kappa shape index (κ2) is 5.40. The predicted octanol–water partition coefficient (Wildman–Crippen LogP) is 2.14. The van der Waals surface area contributed by atoms with Gasteiger partial charge in [-0.1, -0.05) is 19.1 Å². The summed E-state index contributed by atoms with van der Waals surface area (Å²) in [6.45, 7) is 4.31. The van der Waals surface area contributed by atoms with Crippen LogP contribution >= 0.6 is 0 Å². The Morgan fingerprint density at radius 3 is 2.83 bits per heavy atom. The van der Waals surface area contributed by atoms with Gasteiger partial charge in [0.05, 0.1) is 5.56 Å². The number of nitrogens with one attached hydrogen (secondary N) is 1. The van der Waals surface area contributed by atoms with Gasteiger partial charge in [-0.15, -0.1) is 0 Å². The number of likely N-dealkylation sites (tertiary alicyclic amines) is 1. The van der Waals surface area contributed by atoms with Gasteiger partial charge < -0.3 is 15.3 Å². The van der Waals surface area contributed by atoms with E-state index >= 15 is 0 Å². The van der Waals surface area contributed by atoms with Gasteiger partial charge in [0, 0.05) is 18.3 Å². The first kappa shape index (κ1) is 12.9. The zero-order valence-electron chi connectivity index (χ0n) is 10.9. The van der Waals surface area contributed by atoms with E-state index in [-0.39, 0.29) is 0 Å². The van der Waals surface area contributed by atoms with Crippen molar-refractivity contribution in [3.63, 3.8) is 0 Å². The summed E-state index contributed by atoms with van der Waals surface area (Å²) in [6, 6.07) is 7.46. The van der Waals surface area contributed by atoms with Crippen molar-refractivity contribution in [1.82, 2.24) is 4.90 Å². The Morgan fingerprint density at radius 1 is 1.44 bits per heavy atom. The number of carboxylic acid groups (broad SMARTS) is 1. The van der Waals surface area contributed by atoms with Gasteiger partial charge in [0.2, 0.25) is 0 Å². The molecule has 1 aliphatic heterocycles. The Kier molecular flexibility index (Phi) is 3.87. The first-order chi connectivity index (χ1) is 8.58. The summed E-state index contributed by atoms with van der Waals surface area (Å²) in [5.74, 6) is -0.357. The van der Waals surface area contributed by atoms with Gasteiger partial charge in [-0.25, -0.2) is 4.79 Å². The molecule has 2 unspecified atom stereocenters. The smallest absolute Gasteiger partial charge is 0.337 e. The summed E-state index contributed by atoms with van der Waals surface area (Å²) in [5.41, 5.74) is 1.08. The van der Waals surface area contributed by atoms with Crippen molar-refractivity contribution in [2.24, 2.45) is 5.92 Å². The molecule has 0 radical (unpaired) electrons. The molecule has 2 rings (SSSR count). The van der Waals surface area contributed by atoms with E-state index in [1.165, 1.54) is 0 Å². The van der Waals surface area contributed by atoms with Crippen molar-refractivity contribution >= 4 is 11.7 Å². The van der Waals surface area contributed by atoms with E-state index in [2.05, 4.69) is 24.2 Å². The fourth-order valence-electron chi connectivity index (χ4n) is 2.56. The molecular formula is C14H20N2O2. The fourth-order valence-corrected chi connectivity index (χ4v) is 2.56. The van der Waals surface area contributed by atoms with E-state index in [0.29, 0.717) is 17.5 Å². The SMILES string of the molecule is CC1CN(C)CCC1Nc1ccccc1C(=O)O. The number of anilines is 1. The number of piperidine rings is 1. The zero-order valence-corrected chi connectivity index (χ0v) is 10.9. The molecule has 1 aromatic rings. The first-order valence-electron chi connectivity index (χ1n) is 6.35. The lowest BCUT2D eigenvalue weighted by molar-refractivity contribution is 0.0697. The average Bonchev–Trinajstić information content (AvgIpc) is 2.33. The van der Waals surface area contributed by atoms with Crippen LogP contribution in [0.4, 0.5) is 5.69 Å². The molecule has 1 fully saturated rings. The van der Waals surface area contributed by atoms with Gasteiger partial charge >= 0.3 is 5.97 Å². The van der Waals surface area contributed by atoms with Crippen LogP contribution in [0.2, 0.25) is 0 Å². The standard InChI is InChI=1S/C14H20N2O2/c1-10-9-16(2)8-7-12(10)15-13-6-4-3-5-11(13)14(17)18/h3-6,10,12,15H,7-9H2,1-2H3,(H,17,18). The summed E-state index contributed by atoms with van der Waals surface area (Å²) in [6.07, 6.45) is 1.05. The lowest BCUT2D eigenvalue weighted by Crippen LogP contribution is -2.43. The van der Waals surface area contributed by atoms with Crippen LogP contribution in [0.15, 0.2) is 24.3 Å². The van der Waals surface area contributed by atoms with Crippen molar-refractivity contribution in [2.45, 2.75) is 19.4 Å². The highest BCUT2D eigenvalue weighted by molar-refractivity contribution is 5.94. The molecule has 2 atom stereocenters. The minimum atomic E-state index is -0.876. The molecule has 18 heavy (non-hydrogen) atoms. The monoisotopic (exact) mass is 248 g/mol. The number of benzene rings is 1. The highest BCUT2D eigenvalue weighted by Gasteiger charge is 2.24. The maximum Gasteiger partial charge on any atom is 0.337 e. The molecule has 4 nitrogen and oxygen atoms in total. The first-order valence-corrected chi connectivity index (χ1v) is 6.35. The van der Waals surface area contributed by atoms with Crippen LogP contribution in [0.1, 0.15) is 23.7 Å². The van der Waals surface area contributed by atoms with Crippen LogP contribution < -0.4 is 5.32 Å². The van der Waals surface area contributed by atoms with Gasteiger partial charge in [-0.3, -0.25) is 0 Å². The molecule has 0 amide bonds. The Labute approximate surface area is 108 Å². The van der Waals surface area contributed by atoms with Crippen molar-refractivity contribution in [1.29, 1.82) is 0 Å². The molecule has 0 aliphatic carbocycles. The maximum atomic E-state index is 11.1. The summed E-state index contributed by atoms with van der Waals surface area (Å²) >= 11 is 0. The van der Waals surface area contributed by atoms with E-state index in [1.807, 2.05) is 12.1 Å². The average molecular weight is 248 g/mol. The van der Waals surface area contributed by atoms with Crippen molar-refractivity contribution in [3.8, 4) is 0 Å². The third kappa shape index (κ3) is 2.82. The van der Waals surface area contributed by atoms with Crippen LogP contribution in [0.3, 0.4) is 0 Å². The number of carbonyl (C=O) groups is 1. The molecule has 98 valence electrons. The maximum absolute atomic E-state index is 11.1. The molecule has 0 saturated carbocycles. The van der Waals surface area contributed by atoms with Crippen LogP contribution in [0, 0.1) is 5.92 Å². The molecule has 1 aliphatic rings. The number of hydrogen-bond donors (Lipinski definition) is 2. The van der Waals surface area contributed by atoms with E-state index in [0.717, 1.165) is 25.2 Å².